The van der Waals surface area contributed by atoms with Gasteiger partial charge in [0.05, 0.1) is 24.9 Å². The van der Waals surface area contributed by atoms with E-state index < -0.39 is 0 Å². The molecule has 0 bridgehead atoms. The lowest BCUT2D eigenvalue weighted by molar-refractivity contribution is 0.0729. The van der Waals surface area contributed by atoms with Gasteiger partial charge in [0.1, 0.15) is 5.69 Å². The van der Waals surface area contributed by atoms with Crippen molar-refractivity contribution in [3.63, 3.8) is 0 Å². The van der Waals surface area contributed by atoms with E-state index in [0.717, 1.165) is 54.1 Å². The topological polar surface area (TPSA) is 67.5 Å². The molecule has 1 saturated heterocycles. The normalized spacial score (nSPS) is 18.5. The quantitative estimate of drug-likeness (QED) is 0.728. The number of nitrogens with zero attached hydrogens (tertiary/aromatic N) is 2. The number of carbonyl (C=O) groups is 1. The van der Waals surface area contributed by atoms with Crippen LogP contribution < -0.4 is 9.47 Å². The van der Waals surface area contributed by atoms with Crippen molar-refractivity contribution in [3.05, 3.63) is 65.9 Å². The number of hydrogen-bond acceptors (Lipinski definition) is 4. The van der Waals surface area contributed by atoms with Crippen molar-refractivity contribution < 1.29 is 14.3 Å². The van der Waals surface area contributed by atoms with Gasteiger partial charge >= 0.3 is 0 Å². The van der Waals surface area contributed by atoms with E-state index in [1.807, 2.05) is 59.5 Å². The van der Waals surface area contributed by atoms with Crippen LogP contribution in [0.3, 0.4) is 0 Å². The maximum atomic E-state index is 13.2. The average Bonchev–Trinajstić information content (AvgIpc) is 3.39. The van der Waals surface area contributed by atoms with Gasteiger partial charge in [-0.2, -0.15) is 5.10 Å². The van der Waals surface area contributed by atoms with E-state index in [9.17, 15) is 4.79 Å². The number of nitrogens with one attached hydrogen (secondary N) is 1. The molecule has 0 spiro atoms. The number of rotatable bonds is 3. The molecule has 29 heavy (non-hydrogen) atoms. The highest BCUT2D eigenvalue weighted by Gasteiger charge is 2.32. The van der Waals surface area contributed by atoms with Gasteiger partial charge in [-0.05, 0) is 36.6 Å². The van der Waals surface area contributed by atoms with E-state index in [-0.39, 0.29) is 11.9 Å². The van der Waals surface area contributed by atoms with Crippen molar-refractivity contribution in [1.29, 1.82) is 0 Å². The Hall–Kier alpha value is -3.28. The van der Waals surface area contributed by atoms with Gasteiger partial charge in [-0.15, -0.1) is 0 Å². The zero-order chi connectivity index (χ0) is 19.6. The second-order valence-electron chi connectivity index (χ2n) is 7.45. The number of ether oxygens (including phenoxy) is 2. The van der Waals surface area contributed by atoms with Crippen molar-refractivity contribution in [1.82, 2.24) is 15.1 Å². The van der Waals surface area contributed by atoms with Gasteiger partial charge in [0, 0.05) is 18.5 Å². The monoisotopic (exact) mass is 389 g/mol. The average molecular weight is 389 g/mol. The van der Waals surface area contributed by atoms with E-state index in [4.69, 9.17) is 9.47 Å². The number of benzene rings is 2. The predicted octanol–water partition coefficient (Wildman–Crippen LogP) is 4.22. The molecule has 6 heteroatoms. The molecule has 0 aliphatic carbocycles. The summed E-state index contributed by atoms with van der Waals surface area (Å²) in [5.74, 6) is 1.53. The van der Waals surface area contributed by atoms with Crippen LogP contribution in [0.15, 0.2) is 54.6 Å². The van der Waals surface area contributed by atoms with Crippen LogP contribution in [0.1, 0.15) is 41.4 Å². The summed E-state index contributed by atoms with van der Waals surface area (Å²) in [7, 11) is 0. The van der Waals surface area contributed by atoms with Crippen molar-refractivity contribution in [2.75, 3.05) is 19.8 Å². The van der Waals surface area contributed by atoms with Gasteiger partial charge in [-0.1, -0.05) is 36.4 Å². The van der Waals surface area contributed by atoms with Crippen LogP contribution in [0.2, 0.25) is 0 Å². The smallest absolute Gasteiger partial charge is 0.272 e. The molecule has 6 nitrogen and oxygen atoms in total. The molecule has 1 atom stereocenters. The molecule has 5 rings (SSSR count). The summed E-state index contributed by atoms with van der Waals surface area (Å²) in [5.41, 5.74) is 3.37. The molecular formula is C23H23N3O3. The van der Waals surface area contributed by atoms with Crippen molar-refractivity contribution in [2.24, 2.45) is 0 Å². The number of aromatic nitrogens is 2. The molecule has 3 heterocycles. The fourth-order valence-electron chi connectivity index (χ4n) is 4.09. The van der Waals surface area contributed by atoms with Gasteiger partial charge in [-0.3, -0.25) is 9.89 Å². The van der Waals surface area contributed by atoms with Crippen molar-refractivity contribution in [2.45, 2.75) is 25.3 Å². The summed E-state index contributed by atoms with van der Waals surface area (Å²) in [6.07, 6.45) is 2.79. The highest BCUT2D eigenvalue weighted by Crippen LogP contribution is 2.38. The van der Waals surface area contributed by atoms with Crippen LogP contribution in [0.25, 0.3) is 11.3 Å². The van der Waals surface area contributed by atoms with Crippen molar-refractivity contribution in [3.8, 4) is 22.8 Å². The lowest BCUT2D eigenvalue weighted by atomic mass is 10.0. The third-order valence-electron chi connectivity index (χ3n) is 5.55. The maximum Gasteiger partial charge on any atom is 0.272 e. The fourth-order valence-corrected chi connectivity index (χ4v) is 4.09. The van der Waals surface area contributed by atoms with E-state index in [2.05, 4.69) is 10.2 Å². The Balaban J connectivity index is 1.39. The number of carbonyl (C=O) groups excluding carboxylic acids is 1. The second kappa shape index (κ2) is 7.62. The SMILES string of the molecule is O=C(c1cc(-c2ccccc2)n[nH]1)N1CCC[C@H]1c1ccc2c(c1)OCCCO2. The molecule has 2 aliphatic rings. The number of hydrogen-bond donors (Lipinski definition) is 1. The van der Waals surface area contributed by atoms with Crippen LogP contribution in [-0.2, 0) is 0 Å². The Morgan fingerprint density at radius 3 is 2.69 bits per heavy atom. The molecule has 0 radical (unpaired) electrons. The third-order valence-corrected chi connectivity index (χ3v) is 5.55. The third kappa shape index (κ3) is 3.46. The van der Waals surface area contributed by atoms with Crippen LogP contribution in [0.5, 0.6) is 11.5 Å². The van der Waals surface area contributed by atoms with E-state index in [1.165, 1.54) is 0 Å². The molecule has 1 fully saturated rings. The van der Waals surface area contributed by atoms with E-state index >= 15 is 0 Å². The number of aromatic amines is 1. The van der Waals surface area contributed by atoms with E-state index in [0.29, 0.717) is 18.9 Å². The Bertz CT molecular complexity index is 1020. The number of fused-ring (bicyclic) bond motifs is 1. The van der Waals surface area contributed by atoms with Crippen LogP contribution >= 0.6 is 0 Å². The zero-order valence-electron chi connectivity index (χ0n) is 16.1. The molecule has 2 aliphatic heterocycles. The molecule has 0 unspecified atom stereocenters. The molecule has 1 N–H and O–H groups in total. The molecule has 1 aromatic heterocycles. The maximum absolute atomic E-state index is 13.2. The first-order chi connectivity index (χ1) is 14.3. The van der Waals surface area contributed by atoms with Crippen LogP contribution in [0.4, 0.5) is 0 Å². The summed E-state index contributed by atoms with van der Waals surface area (Å²) in [4.78, 5) is 15.1. The van der Waals surface area contributed by atoms with Gasteiger partial charge in [0.2, 0.25) is 0 Å². The van der Waals surface area contributed by atoms with Gasteiger partial charge in [0.15, 0.2) is 11.5 Å². The molecule has 3 aromatic rings. The van der Waals surface area contributed by atoms with Crippen molar-refractivity contribution >= 4 is 5.91 Å². The first-order valence-corrected chi connectivity index (χ1v) is 10.1. The Morgan fingerprint density at radius 2 is 1.83 bits per heavy atom. The first-order valence-electron chi connectivity index (χ1n) is 10.1. The van der Waals surface area contributed by atoms with Gasteiger partial charge in [-0.25, -0.2) is 0 Å². The highest BCUT2D eigenvalue weighted by atomic mass is 16.5. The van der Waals surface area contributed by atoms with Gasteiger partial charge in [0.25, 0.3) is 5.91 Å². The lowest BCUT2D eigenvalue weighted by Crippen LogP contribution is -2.30. The lowest BCUT2D eigenvalue weighted by Gasteiger charge is -2.25. The standard InChI is InChI=1S/C23H23N3O3/c27-23(19-15-18(24-25-19)16-6-2-1-3-7-16)26-11-4-8-20(26)17-9-10-21-22(14-17)29-13-5-12-28-21/h1-3,6-7,9-10,14-15,20H,4-5,8,11-13H2,(H,24,25)/t20-/m0/s1. The largest absolute Gasteiger partial charge is 0.490 e. The Labute approximate surface area is 169 Å². The van der Waals surface area contributed by atoms with Crippen LogP contribution in [-0.4, -0.2) is 40.8 Å². The Kier molecular flexibility index (Phi) is 4.68. The second-order valence-corrected chi connectivity index (χ2v) is 7.45. The summed E-state index contributed by atoms with van der Waals surface area (Å²) < 4.78 is 11.6. The fraction of sp³-hybridized carbons (Fsp3) is 0.304. The molecular weight excluding hydrogens is 366 g/mol. The van der Waals surface area contributed by atoms with Gasteiger partial charge < -0.3 is 14.4 Å². The minimum absolute atomic E-state index is 0.0192. The Morgan fingerprint density at radius 1 is 1.00 bits per heavy atom. The molecule has 148 valence electrons. The minimum Gasteiger partial charge on any atom is -0.490 e. The summed E-state index contributed by atoms with van der Waals surface area (Å²) >= 11 is 0. The number of amides is 1. The van der Waals surface area contributed by atoms with E-state index in [1.54, 1.807) is 0 Å². The first kappa shape index (κ1) is 17.8. The summed E-state index contributed by atoms with van der Waals surface area (Å²) in [6, 6.07) is 17.8. The summed E-state index contributed by atoms with van der Waals surface area (Å²) in [6.45, 7) is 2.06. The molecule has 0 saturated carbocycles. The van der Waals surface area contributed by atoms with Crippen LogP contribution in [0, 0.1) is 0 Å². The summed E-state index contributed by atoms with van der Waals surface area (Å²) in [5, 5.41) is 7.26. The zero-order valence-corrected chi connectivity index (χ0v) is 16.1. The predicted molar refractivity (Wildman–Crippen MR) is 109 cm³/mol. The highest BCUT2D eigenvalue weighted by molar-refractivity contribution is 5.94. The number of likely N-dealkylation sites (tertiary alicyclic amines) is 1. The minimum atomic E-state index is -0.0192. The molecule has 2 aromatic carbocycles. The molecule has 1 amide bonds. The number of H-pyrrole nitrogens is 1.